The molecule has 0 bridgehead atoms. The van der Waals surface area contributed by atoms with Gasteiger partial charge in [-0.3, -0.25) is 9.59 Å². The summed E-state index contributed by atoms with van der Waals surface area (Å²) in [5.74, 6) is -1.36. The quantitative estimate of drug-likeness (QED) is 0.370. The molecule has 0 radical (unpaired) electrons. The first-order valence-electron chi connectivity index (χ1n) is 4.52. The van der Waals surface area contributed by atoms with Gasteiger partial charge < -0.3 is 4.74 Å². The van der Waals surface area contributed by atoms with Crippen molar-refractivity contribution >= 4 is 11.8 Å². The largest absolute Gasteiger partial charge is 0.461 e. The van der Waals surface area contributed by atoms with E-state index in [1.807, 2.05) is 6.92 Å². The fraction of sp³-hybridized carbons (Fsp3) is 0.455. The van der Waals surface area contributed by atoms with Crippen molar-refractivity contribution in [3.8, 4) is 0 Å². The van der Waals surface area contributed by atoms with E-state index in [2.05, 4.69) is 6.58 Å². The fourth-order valence-electron chi connectivity index (χ4n) is 0.922. The molecule has 3 heteroatoms. The van der Waals surface area contributed by atoms with Gasteiger partial charge in [-0.15, -0.1) is 6.58 Å². The van der Waals surface area contributed by atoms with E-state index in [1.54, 1.807) is 18.2 Å². The smallest absolute Gasteiger partial charge is 0.317 e. The summed E-state index contributed by atoms with van der Waals surface area (Å²) in [5, 5.41) is 0. The van der Waals surface area contributed by atoms with Gasteiger partial charge in [-0.25, -0.2) is 0 Å². The fourth-order valence-corrected chi connectivity index (χ4v) is 0.922. The van der Waals surface area contributed by atoms with Gasteiger partial charge in [0.25, 0.3) is 0 Å². The Kier molecular flexibility index (Phi) is 6.37. The van der Waals surface area contributed by atoms with Crippen molar-refractivity contribution in [1.82, 2.24) is 0 Å². The Bertz CT molecular complexity index is 241. The Morgan fingerprint density at radius 2 is 2.14 bits per heavy atom. The van der Waals surface area contributed by atoms with E-state index in [4.69, 9.17) is 4.74 Å². The van der Waals surface area contributed by atoms with E-state index >= 15 is 0 Å². The Labute approximate surface area is 84.4 Å². The highest BCUT2D eigenvalue weighted by Gasteiger charge is 2.22. The van der Waals surface area contributed by atoms with E-state index in [1.165, 1.54) is 6.92 Å². The third kappa shape index (κ3) is 4.60. The molecule has 3 nitrogen and oxygen atoms in total. The van der Waals surface area contributed by atoms with Crippen molar-refractivity contribution in [1.29, 1.82) is 0 Å². The molecule has 0 aromatic rings. The molecule has 0 saturated heterocycles. The van der Waals surface area contributed by atoms with Crippen molar-refractivity contribution in [3.63, 3.8) is 0 Å². The summed E-state index contributed by atoms with van der Waals surface area (Å²) in [6.07, 6.45) is 5.37. The van der Waals surface area contributed by atoms with Gasteiger partial charge in [0.05, 0.1) is 0 Å². The Morgan fingerprint density at radius 1 is 1.50 bits per heavy atom. The van der Waals surface area contributed by atoms with Crippen LogP contribution in [-0.2, 0) is 14.3 Å². The molecule has 0 aliphatic rings. The maximum atomic E-state index is 11.3. The number of carbonyl (C=O) groups excluding carboxylic acids is 2. The third-order valence-electron chi connectivity index (χ3n) is 1.74. The molecule has 0 rings (SSSR count). The van der Waals surface area contributed by atoms with Gasteiger partial charge >= 0.3 is 5.97 Å². The lowest BCUT2D eigenvalue weighted by molar-refractivity contribution is -0.150. The summed E-state index contributed by atoms with van der Waals surface area (Å²) >= 11 is 0. The van der Waals surface area contributed by atoms with E-state index in [-0.39, 0.29) is 12.4 Å². The molecule has 0 amide bonds. The summed E-state index contributed by atoms with van der Waals surface area (Å²) in [5.41, 5.74) is 0. The van der Waals surface area contributed by atoms with Crippen LogP contribution in [0, 0.1) is 5.92 Å². The number of hydrogen-bond donors (Lipinski definition) is 0. The van der Waals surface area contributed by atoms with Crippen LogP contribution < -0.4 is 0 Å². The van der Waals surface area contributed by atoms with Crippen molar-refractivity contribution in [2.75, 3.05) is 6.61 Å². The first-order chi connectivity index (χ1) is 6.63. The number of Topliss-reactive ketones (excluding diaryl/α,β-unsaturated/α-hetero) is 1. The van der Waals surface area contributed by atoms with E-state index in [0.717, 1.165) is 0 Å². The molecule has 0 aromatic carbocycles. The SMILES string of the molecule is C=CCC(C(C)=O)C(=O)OCC=CC. The summed E-state index contributed by atoms with van der Waals surface area (Å²) in [6, 6.07) is 0. The summed E-state index contributed by atoms with van der Waals surface area (Å²) in [4.78, 5) is 22.4. The lowest BCUT2D eigenvalue weighted by Gasteiger charge is -2.09. The van der Waals surface area contributed by atoms with Crippen molar-refractivity contribution < 1.29 is 14.3 Å². The minimum absolute atomic E-state index is 0.185. The zero-order chi connectivity index (χ0) is 11.0. The maximum Gasteiger partial charge on any atom is 0.317 e. The first-order valence-corrected chi connectivity index (χ1v) is 4.52. The lowest BCUT2D eigenvalue weighted by atomic mass is 10.0. The second kappa shape index (κ2) is 7.06. The Morgan fingerprint density at radius 3 is 2.57 bits per heavy atom. The molecule has 0 saturated carbocycles. The highest BCUT2D eigenvalue weighted by Crippen LogP contribution is 2.07. The van der Waals surface area contributed by atoms with E-state index in [0.29, 0.717) is 6.42 Å². The molecule has 1 unspecified atom stereocenters. The summed E-state index contributed by atoms with van der Waals surface area (Å²) in [6.45, 7) is 6.92. The van der Waals surface area contributed by atoms with Crippen molar-refractivity contribution in [2.45, 2.75) is 20.3 Å². The molecule has 0 N–H and O–H groups in total. The number of hydrogen-bond acceptors (Lipinski definition) is 3. The summed E-state index contributed by atoms with van der Waals surface area (Å²) in [7, 11) is 0. The second-order valence-corrected chi connectivity index (χ2v) is 2.89. The van der Waals surface area contributed by atoms with Crippen LogP contribution in [0.2, 0.25) is 0 Å². The maximum absolute atomic E-state index is 11.3. The van der Waals surface area contributed by atoms with Crippen LogP contribution in [0.4, 0.5) is 0 Å². The molecule has 0 aromatic heterocycles. The lowest BCUT2D eigenvalue weighted by Crippen LogP contribution is -2.23. The molecule has 78 valence electrons. The van der Waals surface area contributed by atoms with Gasteiger partial charge in [0, 0.05) is 0 Å². The molecule has 0 fully saturated rings. The summed E-state index contributed by atoms with van der Waals surface area (Å²) < 4.78 is 4.86. The number of ketones is 1. The van der Waals surface area contributed by atoms with Crippen LogP contribution in [0.5, 0.6) is 0 Å². The van der Waals surface area contributed by atoms with Crippen molar-refractivity contribution in [2.24, 2.45) is 5.92 Å². The minimum Gasteiger partial charge on any atom is -0.461 e. The molecular weight excluding hydrogens is 180 g/mol. The number of ether oxygens (including phenoxy) is 1. The van der Waals surface area contributed by atoms with Crippen LogP contribution in [0.15, 0.2) is 24.8 Å². The Hall–Kier alpha value is -1.38. The topological polar surface area (TPSA) is 43.4 Å². The zero-order valence-corrected chi connectivity index (χ0v) is 8.66. The number of rotatable bonds is 6. The highest BCUT2D eigenvalue weighted by molar-refractivity contribution is 5.97. The van der Waals surface area contributed by atoms with Gasteiger partial charge in [0.1, 0.15) is 18.3 Å². The standard InChI is InChI=1S/C11H16O3/c1-4-6-8-14-11(13)10(7-5-2)9(3)12/h4-6,10H,2,7-8H2,1,3H3. The average Bonchev–Trinajstić information content (AvgIpc) is 2.13. The molecule has 0 aliphatic heterocycles. The minimum atomic E-state index is -0.697. The number of carbonyl (C=O) groups is 2. The van der Waals surface area contributed by atoms with Crippen LogP contribution in [0.3, 0.4) is 0 Å². The molecule has 0 aliphatic carbocycles. The zero-order valence-electron chi connectivity index (χ0n) is 8.66. The molecule has 0 spiro atoms. The first kappa shape index (κ1) is 12.6. The van der Waals surface area contributed by atoms with Crippen LogP contribution >= 0.6 is 0 Å². The normalized spacial score (nSPS) is 12.4. The predicted octanol–water partition coefficient (Wildman–Crippen LogP) is 1.89. The van der Waals surface area contributed by atoms with Gasteiger partial charge in [0.15, 0.2) is 0 Å². The van der Waals surface area contributed by atoms with Crippen LogP contribution in [-0.4, -0.2) is 18.4 Å². The second-order valence-electron chi connectivity index (χ2n) is 2.89. The molecule has 1 atom stereocenters. The predicted molar refractivity (Wildman–Crippen MR) is 54.8 cm³/mol. The third-order valence-corrected chi connectivity index (χ3v) is 1.74. The van der Waals surface area contributed by atoms with Gasteiger partial charge in [-0.2, -0.15) is 0 Å². The molecular formula is C11H16O3. The van der Waals surface area contributed by atoms with Crippen LogP contribution in [0.1, 0.15) is 20.3 Å². The van der Waals surface area contributed by atoms with Crippen LogP contribution in [0.25, 0.3) is 0 Å². The highest BCUT2D eigenvalue weighted by atomic mass is 16.5. The van der Waals surface area contributed by atoms with E-state index < -0.39 is 11.9 Å². The Balaban J connectivity index is 4.15. The molecule has 0 heterocycles. The van der Waals surface area contributed by atoms with E-state index in [9.17, 15) is 9.59 Å². The monoisotopic (exact) mass is 196 g/mol. The van der Waals surface area contributed by atoms with Gasteiger partial charge in [-0.05, 0) is 20.3 Å². The van der Waals surface area contributed by atoms with Gasteiger partial charge in [-0.1, -0.05) is 18.2 Å². The van der Waals surface area contributed by atoms with Gasteiger partial charge in [0.2, 0.25) is 0 Å². The molecule has 14 heavy (non-hydrogen) atoms. The number of allylic oxidation sites excluding steroid dienone is 2. The average molecular weight is 196 g/mol. The van der Waals surface area contributed by atoms with Crippen molar-refractivity contribution in [3.05, 3.63) is 24.8 Å². The number of esters is 1.